The molecule has 32 heavy (non-hydrogen) atoms. The molecule has 0 spiro atoms. The molecule has 0 saturated heterocycles. The van der Waals surface area contributed by atoms with Crippen LogP contribution in [0.4, 0.5) is 0 Å². The van der Waals surface area contributed by atoms with Crippen molar-refractivity contribution in [2.24, 2.45) is 4.99 Å². The smallest absolute Gasteiger partial charge is 0.872 e. The van der Waals surface area contributed by atoms with Gasteiger partial charge in [-0.3, -0.25) is 24.9 Å². The maximum atomic E-state index is 12.2. The number of aromatic nitrogens is 3. The minimum absolute atomic E-state index is 0. The van der Waals surface area contributed by atoms with E-state index in [2.05, 4.69) is 15.0 Å². The first-order valence-corrected chi connectivity index (χ1v) is 9.26. The number of benzene rings is 1. The predicted octanol–water partition coefficient (Wildman–Crippen LogP) is 4.22. The van der Waals surface area contributed by atoms with Crippen LogP contribution in [0.25, 0.3) is 16.0 Å². The van der Waals surface area contributed by atoms with Crippen LogP contribution in [0.3, 0.4) is 0 Å². The van der Waals surface area contributed by atoms with Crippen molar-refractivity contribution in [3.05, 3.63) is 136 Å². The van der Waals surface area contributed by atoms with Crippen molar-refractivity contribution in [2.45, 2.75) is 5.54 Å². The number of hydrogen-bond acceptors (Lipinski definition) is 5. The minimum Gasteiger partial charge on any atom is -0.872 e. The third kappa shape index (κ3) is 5.35. The number of rotatable bonds is 5. The number of aliphatic imine (C=N–C) groups is 1. The maximum Gasteiger partial charge on any atom is 2.00 e. The first-order chi connectivity index (χ1) is 15.2. The summed E-state index contributed by atoms with van der Waals surface area (Å²) in [4.78, 5) is 20.1. The number of pyridine rings is 3. The van der Waals surface area contributed by atoms with Gasteiger partial charge in [-0.15, -0.1) is 5.75 Å². The molecule has 0 aliphatic carbocycles. The molecule has 0 bridgehead atoms. The van der Waals surface area contributed by atoms with Crippen molar-refractivity contribution < 1.29 is 21.6 Å². The second-order valence-electron chi connectivity index (χ2n) is 6.24. The zero-order valence-corrected chi connectivity index (χ0v) is 17.7. The Kier molecular flexibility index (Phi) is 9.05. The Morgan fingerprint density at radius 1 is 0.719 bits per heavy atom. The molecule has 0 aliphatic heterocycles. The van der Waals surface area contributed by atoms with Gasteiger partial charge in [0.1, 0.15) is 0 Å². The molecule has 9 heteroatoms. The summed E-state index contributed by atoms with van der Waals surface area (Å²) in [7, 11) is 0. The van der Waals surface area contributed by atoms with Crippen LogP contribution >= 0.6 is 0 Å². The van der Waals surface area contributed by atoms with Crippen molar-refractivity contribution in [3.63, 3.8) is 0 Å². The van der Waals surface area contributed by atoms with E-state index in [9.17, 15) is 5.11 Å². The molecule has 0 saturated carbocycles. The fraction of sp³-hybridized carbons (Fsp3) is 0.0435. The third-order valence-electron chi connectivity index (χ3n) is 4.42. The number of nitrogens with zero attached hydrogens (tertiary/aromatic N) is 7. The van der Waals surface area contributed by atoms with Gasteiger partial charge in [-0.05, 0) is 42.0 Å². The van der Waals surface area contributed by atoms with Gasteiger partial charge in [0.2, 0.25) is 0 Å². The molecule has 0 aliphatic rings. The Hall–Kier alpha value is -4.06. The largest absolute Gasteiger partial charge is 2.00 e. The summed E-state index contributed by atoms with van der Waals surface area (Å²) in [6, 6.07) is 23.7. The molecule has 3 heterocycles. The van der Waals surface area contributed by atoms with E-state index in [-0.39, 0.29) is 22.2 Å². The molecule has 4 aromatic rings. The monoisotopic (exact) mass is 465 g/mol. The summed E-state index contributed by atoms with van der Waals surface area (Å²) >= 11 is 0. The maximum absolute atomic E-state index is 12.2. The summed E-state index contributed by atoms with van der Waals surface area (Å²) in [6.07, 6.45) is 6.73. The zero-order valence-electron chi connectivity index (χ0n) is 16.7. The van der Waals surface area contributed by atoms with E-state index in [1.54, 1.807) is 36.9 Å². The Morgan fingerprint density at radius 3 is 1.50 bits per heavy atom. The molecule has 8 nitrogen and oxygen atoms in total. The molecule has 0 fully saturated rings. The van der Waals surface area contributed by atoms with Gasteiger partial charge in [-0.25, -0.2) is 0 Å². The van der Waals surface area contributed by atoms with E-state index in [1.165, 1.54) is 11.0 Å². The van der Waals surface area contributed by atoms with E-state index >= 15 is 0 Å². The van der Waals surface area contributed by atoms with Crippen LogP contribution in [0.2, 0.25) is 0 Å². The Labute approximate surface area is 195 Å². The number of hydrogen-bond donors (Lipinski definition) is 0. The summed E-state index contributed by atoms with van der Waals surface area (Å²) in [5.74, 6) is -0.0942. The molecular formula is C23H17N7NiO. The predicted molar refractivity (Wildman–Crippen MR) is 116 cm³/mol. The van der Waals surface area contributed by atoms with Crippen LogP contribution < -0.4 is 5.11 Å². The van der Waals surface area contributed by atoms with Crippen LogP contribution in [0.1, 0.15) is 22.6 Å². The van der Waals surface area contributed by atoms with E-state index in [4.69, 9.17) is 16.1 Å². The van der Waals surface area contributed by atoms with Crippen LogP contribution in [-0.4, -0.2) is 21.2 Å². The van der Waals surface area contributed by atoms with Gasteiger partial charge in [0.05, 0.1) is 17.1 Å². The van der Waals surface area contributed by atoms with Gasteiger partial charge in [-0.2, -0.15) is 0 Å². The summed E-state index contributed by atoms with van der Waals surface area (Å²) < 4.78 is 0. The van der Waals surface area contributed by atoms with Gasteiger partial charge in [0.25, 0.3) is 0 Å². The van der Waals surface area contributed by atoms with Crippen LogP contribution in [0, 0.1) is 0 Å². The van der Waals surface area contributed by atoms with Crippen molar-refractivity contribution >= 4 is 6.21 Å². The molecule has 0 radical (unpaired) electrons. The third-order valence-corrected chi connectivity index (χ3v) is 4.42. The fourth-order valence-electron chi connectivity index (χ4n) is 3.08. The Morgan fingerprint density at radius 2 is 1.12 bits per heavy atom. The van der Waals surface area contributed by atoms with Gasteiger partial charge in [0.15, 0.2) is 5.54 Å². The molecule has 4 rings (SSSR count). The molecule has 3 aromatic heterocycles. The first kappa shape index (κ1) is 24.2. The topological polar surface area (TPSA) is 133 Å². The molecule has 1 aromatic carbocycles. The summed E-state index contributed by atoms with van der Waals surface area (Å²) in [6.45, 7) is 0. The van der Waals surface area contributed by atoms with Gasteiger partial charge in [0, 0.05) is 24.8 Å². The average Bonchev–Trinajstić information content (AvgIpc) is 2.83. The second-order valence-corrected chi connectivity index (χ2v) is 6.24. The fourth-order valence-corrected chi connectivity index (χ4v) is 3.08. The average molecular weight is 466 g/mol. The van der Waals surface area contributed by atoms with Crippen molar-refractivity contribution in [1.82, 2.24) is 15.0 Å². The van der Waals surface area contributed by atoms with E-state index in [0.717, 1.165) is 0 Å². The first-order valence-electron chi connectivity index (χ1n) is 9.26. The molecular weight excluding hydrogens is 449 g/mol. The van der Waals surface area contributed by atoms with Crippen LogP contribution in [-0.2, 0) is 22.0 Å². The van der Waals surface area contributed by atoms with Crippen molar-refractivity contribution in [3.8, 4) is 5.75 Å². The second kappa shape index (κ2) is 12.0. The van der Waals surface area contributed by atoms with Gasteiger partial charge < -0.3 is 16.2 Å². The van der Waals surface area contributed by atoms with Crippen LogP contribution in [0.5, 0.6) is 5.75 Å². The standard InChI is InChI=1S/C23H18N4O.N3.Ni/c28-19-10-2-1-9-18(19)17-27-23(20-11-3-6-14-24-20,21-12-4-7-15-25-21)22-13-5-8-16-26-22;1-3-2;/h1-17,28H;;/q;-1;+2/p-1. The summed E-state index contributed by atoms with van der Waals surface area (Å²) in [5, 5.41) is 12.2. The van der Waals surface area contributed by atoms with Crippen molar-refractivity contribution in [2.75, 3.05) is 0 Å². The summed E-state index contributed by atoms with van der Waals surface area (Å²) in [5.41, 5.74) is 14.9. The SMILES string of the molecule is [N-]=[N+]=[N-].[Ni+2].[O-]c1ccccc1C=NC(c1ccccn1)(c1ccccn1)c1ccccn1. The van der Waals surface area contributed by atoms with E-state index in [1.807, 2.05) is 60.7 Å². The van der Waals surface area contributed by atoms with Crippen LogP contribution in [0.15, 0.2) is 102 Å². The minimum atomic E-state index is -1.08. The Balaban J connectivity index is 0.000000860. The Bertz CT molecular complexity index is 1070. The molecule has 0 N–H and O–H groups in total. The molecule has 160 valence electrons. The van der Waals surface area contributed by atoms with Gasteiger partial charge in [-0.1, -0.05) is 42.5 Å². The van der Waals surface area contributed by atoms with E-state index < -0.39 is 5.54 Å². The molecule has 0 atom stereocenters. The quantitative estimate of drug-likeness (QED) is 0.143. The normalized spacial score (nSPS) is 10.4. The molecule has 0 unspecified atom stereocenters. The van der Waals surface area contributed by atoms with E-state index in [0.29, 0.717) is 22.6 Å². The number of para-hydroxylation sites is 1. The zero-order chi connectivity index (χ0) is 21.9. The molecule has 0 amide bonds. The van der Waals surface area contributed by atoms with Crippen molar-refractivity contribution in [1.29, 1.82) is 0 Å². The van der Waals surface area contributed by atoms with Gasteiger partial charge >= 0.3 is 16.5 Å².